The molecule has 6 rings (SSSR count). The fourth-order valence-corrected chi connectivity index (χ4v) is 7.21. The highest BCUT2D eigenvalue weighted by atomic mass is 32.1. The molecule has 2 amide bonds. The third kappa shape index (κ3) is 8.65. The van der Waals surface area contributed by atoms with Crippen LogP contribution in [0.25, 0.3) is 11.3 Å². The van der Waals surface area contributed by atoms with E-state index < -0.39 is 18.1 Å². The number of thiazole rings is 1. The van der Waals surface area contributed by atoms with Crippen molar-refractivity contribution >= 4 is 23.2 Å². The molecule has 11 heteroatoms. The molecule has 1 saturated heterocycles. The van der Waals surface area contributed by atoms with E-state index in [4.69, 9.17) is 0 Å². The third-order valence-electron chi connectivity index (χ3n) is 8.98. The Morgan fingerprint density at radius 1 is 1.00 bits per heavy atom. The summed E-state index contributed by atoms with van der Waals surface area (Å²) in [5.41, 5.74) is 5.93. The first-order valence-corrected chi connectivity index (χ1v) is 17.9. The number of amides is 2. The SMILES string of the molecule is Cc1csc(C2CCCN2C(=O)c2cc(C(=O)NC(Cc3ccccc3)C(O)CNCc3cncc(C(C)C)c3)cc(-c3cnccn3)c2)n1. The van der Waals surface area contributed by atoms with E-state index in [1.165, 1.54) is 0 Å². The van der Waals surface area contributed by atoms with Gasteiger partial charge in [-0.15, -0.1) is 11.3 Å². The normalized spacial score (nSPS) is 15.6. The molecule has 0 saturated carbocycles. The van der Waals surface area contributed by atoms with Crippen molar-refractivity contribution in [3.63, 3.8) is 0 Å². The lowest BCUT2D eigenvalue weighted by molar-refractivity contribution is 0.0735. The lowest BCUT2D eigenvalue weighted by atomic mass is 9.98. The Bertz CT molecular complexity index is 1900. The first kappa shape index (κ1) is 35.0. The summed E-state index contributed by atoms with van der Waals surface area (Å²) in [6.07, 6.45) is 9.69. The van der Waals surface area contributed by atoms with E-state index in [2.05, 4.69) is 50.5 Å². The van der Waals surface area contributed by atoms with Crippen molar-refractivity contribution in [3.8, 4) is 11.3 Å². The third-order valence-corrected chi connectivity index (χ3v) is 10.0. The molecule has 0 bridgehead atoms. The molecule has 50 heavy (non-hydrogen) atoms. The van der Waals surface area contributed by atoms with Gasteiger partial charge in [0.25, 0.3) is 11.8 Å². The molecule has 1 aliphatic heterocycles. The average Bonchev–Trinajstić information content (AvgIpc) is 3.81. The zero-order valence-electron chi connectivity index (χ0n) is 28.6. The fourth-order valence-electron chi connectivity index (χ4n) is 6.27. The topological polar surface area (TPSA) is 133 Å². The van der Waals surface area contributed by atoms with Gasteiger partial charge in [-0.05, 0) is 67.0 Å². The standard InChI is InChI=1S/C39H43N7O3S/c1-25(2)32-14-28(19-41-21-32)20-42-23-36(47)33(15-27-8-5-4-6-9-27)45-37(48)30-16-29(34-22-40-11-12-43-34)17-31(18-30)39(49)46-13-7-10-35(46)38-44-26(3)24-50-38/h4-6,8-9,11-12,14,16-19,21-22,24-25,33,35-36,42,47H,7,10,13,15,20,23H2,1-3H3,(H,45,48). The summed E-state index contributed by atoms with van der Waals surface area (Å²) in [4.78, 5) is 47.8. The maximum atomic E-state index is 14.1. The number of aromatic nitrogens is 4. The lowest BCUT2D eigenvalue weighted by Gasteiger charge is -2.26. The molecule has 258 valence electrons. The van der Waals surface area contributed by atoms with Crippen LogP contribution in [0.4, 0.5) is 0 Å². The van der Waals surface area contributed by atoms with E-state index in [0.29, 0.717) is 47.8 Å². The van der Waals surface area contributed by atoms with Crippen molar-refractivity contribution < 1.29 is 14.7 Å². The molecular formula is C39H43N7O3S. The average molecular weight is 690 g/mol. The van der Waals surface area contributed by atoms with Crippen LogP contribution in [-0.4, -0.2) is 67.0 Å². The van der Waals surface area contributed by atoms with Crippen LogP contribution in [0.15, 0.2) is 91.0 Å². The monoisotopic (exact) mass is 689 g/mol. The van der Waals surface area contributed by atoms with Crippen LogP contribution in [0, 0.1) is 6.92 Å². The van der Waals surface area contributed by atoms with Crippen molar-refractivity contribution in [2.24, 2.45) is 0 Å². The van der Waals surface area contributed by atoms with Gasteiger partial charge in [-0.3, -0.25) is 24.5 Å². The van der Waals surface area contributed by atoms with Crippen molar-refractivity contribution in [3.05, 3.63) is 129 Å². The molecule has 3 atom stereocenters. The number of hydrogen-bond donors (Lipinski definition) is 3. The number of aliphatic hydroxyl groups excluding tert-OH is 1. The summed E-state index contributed by atoms with van der Waals surface area (Å²) in [5, 5.41) is 20.8. The molecule has 3 aromatic heterocycles. The molecule has 2 aromatic carbocycles. The number of benzene rings is 2. The Morgan fingerprint density at radius 3 is 2.56 bits per heavy atom. The van der Waals surface area contributed by atoms with Crippen LogP contribution in [0.3, 0.4) is 0 Å². The minimum Gasteiger partial charge on any atom is -0.390 e. The van der Waals surface area contributed by atoms with E-state index in [1.807, 2.05) is 59.9 Å². The number of hydrogen-bond acceptors (Lipinski definition) is 9. The van der Waals surface area contributed by atoms with Gasteiger partial charge in [0.05, 0.1) is 30.1 Å². The molecule has 1 aliphatic rings. The lowest BCUT2D eigenvalue weighted by Crippen LogP contribution is -2.48. The first-order chi connectivity index (χ1) is 24.2. The Labute approximate surface area is 297 Å². The van der Waals surface area contributed by atoms with E-state index in [1.54, 1.807) is 48.1 Å². The van der Waals surface area contributed by atoms with Gasteiger partial charge in [0.2, 0.25) is 0 Å². The summed E-state index contributed by atoms with van der Waals surface area (Å²) < 4.78 is 0. The van der Waals surface area contributed by atoms with Gasteiger partial charge in [0, 0.05) is 72.2 Å². The minimum absolute atomic E-state index is 0.111. The largest absolute Gasteiger partial charge is 0.390 e. The molecule has 3 N–H and O–H groups in total. The van der Waals surface area contributed by atoms with E-state index >= 15 is 0 Å². The van der Waals surface area contributed by atoms with Crippen LogP contribution < -0.4 is 10.6 Å². The van der Waals surface area contributed by atoms with Gasteiger partial charge in [-0.1, -0.05) is 50.2 Å². The highest BCUT2D eigenvalue weighted by Gasteiger charge is 2.33. The van der Waals surface area contributed by atoms with Gasteiger partial charge in [0.15, 0.2) is 0 Å². The van der Waals surface area contributed by atoms with Gasteiger partial charge >= 0.3 is 0 Å². The number of rotatable bonds is 13. The summed E-state index contributed by atoms with van der Waals surface area (Å²) in [6.45, 7) is 7.60. The van der Waals surface area contributed by atoms with Crippen LogP contribution in [-0.2, 0) is 13.0 Å². The van der Waals surface area contributed by atoms with Crippen molar-refractivity contribution in [1.82, 2.24) is 35.5 Å². The van der Waals surface area contributed by atoms with Crippen molar-refractivity contribution in [2.45, 2.75) is 70.7 Å². The fraction of sp³-hybridized carbons (Fsp3) is 0.333. The Hall–Kier alpha value is -4.84. The number of pyridine rings is 1. The van der Waals surface area contributed by atoms with E-state index in [0.717, 1.165) is 40.2 Å². The summed E-state index contributed by atoms with van der Waals surface area (Å²) in [7, 11) is 0. The molecule has 4 heterocycles. The van der Waals surface area contributed by atoms with Gasteiger partial charge in [-0.2, -0.15) is 0 Å². The quantitative estimate of drug-likeness (QED) is 0.139. The zero-order chi connectivity index (χ0) is 35.0. The van der Waals surface area contributed by atoms with Crippen LogP contribution in [0.2, 0.25) is 0 Å². The maximum absolute atomic E-state index is 14.1. The first-order valence-electron chi connectivity index (χ1n) is 17.1. The van der Waals surface area contributed by atoms with Crippen LogP contribution >= 0.6 is 11.3 Å². The van der Waals surface area contributed by atoms with E-state index in [-0.39, 0.29) is 18.5 Å². The molecule has 10 nitrogen and oxygen atoms in total. The molecule has 0 radical (unpaired) electrons. The number of aryl methyl sites for hydroxylation is 1. The van der Waals surface area contributed by atoms with E-state index in [9.17, 15) is 14.7 Å². The predicted octanol–water partition coefficient (Wildman–Crippen LogP) is 5.90. The number of nitrogens with one attached hydrogen (secondary N) is 2. The summed E-state index contributed by atoms with van der Waals surface area (Å²) >= 11 is 1.57. The Kier molecular flexibility index (Phi) is 11.4. The maximum Gasteiger partial charge on any atom is 0.254 e. The number of nitrogens with zero attached hydrogens (tertiary/aromatic N) is 5. The zero-order valence-corrected chi connectivity index (χ0v) is 29.4. The number of carbonyl (C=O) groups excluding carboxylic acids is 2. The molecule has 0 spiro atoms. The molecule has 0 aliphatic carbocycles. The summed E-state index contributed by atoms with van der Waals surface area (Å²) in [6, 6.07) is 16.3. The smallest absolute Gasteiger partial charge is 0.254 e. The highest BCUT2D eigenvalue weighted by molar-refractivity contribution is 7.09. The second kappa shape index (κ2) is 16.2. The molecule has 3 unspecified atom stereocenters. The Morgan fingerprint density at radius 2 is 1.82 bits per heavy atom. The highest BCUT2D eigenvalue weighted by Crippen LogP contribution is 2.35. The number of aliphatic hydroxyl groups is 1. The second-order valence-corrected chi connectivity index (χ2v) is 14.0. The minimum atomic E-state index is -0.906. The second-order valence-electron chi connectivity index (χ2n) is 13.1. The predicted molar refractivity (Wildman–Crippen MR) is 195 cm³/mol. The van der Waals surface area contributed by atoms with Gasteiger partial charge in [0.1, 0.15) is 5.01 Å². The molecule has 1 fully saturated rings. The Balaban J connectivity index is 1.25. The van der Waals surface area contributed by atoms with Gasteiger partial charge < -0.3 is 20.6 Å². The molecule has 5 aromatic rings. The van der Waals surface area contributed by atoms with Crippen LogP contribution in [0.5, 0.6) is 0 Å². The molecular weight excluding hydrogens is 647 g/mol. The number of likely N-dealkylation sites (tertiary alicyclic amines) is 1. The summed E-state index contributed by atoms with van der Waals surface area (Å²) in [5.74, 6) is -0.200. The van der Waals surface area contributed by atoms with Crippen LogP contribution in [0.1, 0.15) is 86.8 Å². The van der Waals surface area contributed by atoms with Crippen molar-refractivity contribution in [2.75, 3.05) is 13.1 Å². The van der Waals surface area contributed by atoms with Gasteiger partial charge in [-0.25, -0.2) is 4.98 Å². The number of carbonyl (C=O) groups is 2. The van der Waals surface area contributed by atoms with Crippen molar-refractivity contribution in [1.29, 1.82) is 0 Å².